The highest BCUT2D eigenvalue weighted by atomic mass is 35.5. The molecule has 1 heterocycles. The smallest absolute Gasteiger partial charge is 0.238 e. The molecule has 0 radical (unpaired) electrons. The second kappa shape index (κ2) is 6.43. The van der Waals surface area contributed by atoms with Crippen molar-refractivity contribution in [2.45, 2.75) is 4.90 Å². The summed E-state index contributed by atoms with van der Waals surface area (Å²) in [4.78, 5) is 0.0416. The van der Waals surface area contributed by atoms with Gasteiger partial charge in [-0.05, 0) is 48.0 Å². The van der Waals surface area contributed by atoms with Crippen molar-refractivity contribution in [3.63, 3.8) is 0 Å². The minimum absolute atomic E-state index is 0.0416. The minimum atomic E-state index is -3.74. The molecule has 0 spiro atoms. The SMILES string of the molecule is NS(=O)(=O)c1ccc(-c2ccc(Cl)n2-c2ccc(Cl)cc2Cl)cc1. The molecule has 2 aromatic carbocycles. The Kier molecular flexibility index (Phi) is 4.64. The van der Waals surface area contributed by atoms with Gasteiger partial charge in [0.15, 0.2) is 0 Å². The van der Waals surface area contributed by atoms with Gasteiger partial charge in [0.2, 0.25) is 10.0 Å². The van der Waals surface area contributed by atoms with Crippen LogP contribution in [0.4, 0.5) is 0 Å². The van der Waals surface area contributed by atoms with Crippen LogP contribution in [0.2, 0.25) is 15.2 Å². The summed E-state index contributed by atoms with van der Waals surface area (Å²) in [6.07, 6.45) is 0. The lowest BCUT2D eigenvalue weighted by molar-refractivity contribution is 0.598. The monoisotopic (exact) mass is 400 g/mol. The van der Waals surface area contributed by atoms with E-state index in [0.29, 0.717) is 20.9 Å². The number of benzene rings is 2. The van der Waals surface area contributed by atoms with Crippen LogP contribution in [0, 0.1) is 0 Å². The van der Waals surface area contributed by atoms with Gasteiger partial charge in [-0.1, -0.05) is 46.9 Å². The van der Waals surface area contributed by atoms with Crippen molar-refractivity contribution in [2.24, 2.45) is 5.14 Å². The highest BCUT2D eigenvalue weighted by Gasteiger charge is 2.15. The van der Waals surface area contributed by atoms with Crippen LogP contribution < -0.4 is 5.14 Å². The molecule has 3 aromatic rings. The molecular formula is C16H11Cl3N2O2S. The number of halogens is 3. The minimum Gasteiger partial charge on any atom is -0.299 e. The third-order valence-corrected chi connectivity index (χ3v) is 5.22. The molecule has 124 valence electrons. The number of rotatable bonds is 3. The summed E-state index contributed by atoms with van der Waals surface area (Å²) in [5, 5.41) is 6.55. The molecule has 4 nitrogen and oxygen atoms in total. The molecule has 0 aliphatic heterocycles. The average molecular weight is 402 g/mol. The molecule has 0 bridgehead atoms. The molecule has 0 amide bonds. The van der Waals surface area contributed by atoms with E-state index < -0.39 is 10.0 Å². The Balaban J connectivity index is 2.14. The van der Waals surface area contributed by atoms with Crippen LogP contribution in [0.15, 0.2) is 59.5 Å². The Labute approximate surface area is 154 Å². The maximum atomic E-state index is 11.4. The van der Waals surface area contributed by atoms with Crippen LogP contribution in [-0.4, -0.2) is 13.0 Å². The van der Waals surface area contributed by atoms with E-state index in [2.05, 4.69) is 0 Å². The van der Waals surface area contributed by atoms with Gasteiger partial charge in [-0.15, -0.1) is 0 Å². The van der Waals surface area contributed by atoms with Crippen molar-refractivity contribution in [1.29, 1.82) is 0 Å². The lowest BCUT2D eigenvalue weighted by Gasteiger charge is -2.13. The van der Waals surface area contributed by atoms with Crippen LogP contribution in [0.3, 0.4) is 0 Å². The molecule has 0 aliphatic rings. The largest absolute Gasteiger partial charge is 0.299 e. The summed E-state index contributed by atoms with van der Waals surface area (Å²) in [6, 6.07) is 14.9. The summed E-state index contributed by atoms with van der Waals surface area (Å²) in [6.45, 7) is 0. The molecule has 1 aromatic heterocycles. The van der Waals surface area contributed by atoms with E-state index in [1.54, 1.807) is 41.0 Å². The highest BCUT2D eigenvalue weighted by Crippen LogP contribution is 2.34. The fraction of sp³-hybridized carbons (Fsp3) is 0. The number of aromatic nitrogens is 1. The quantitative estimate of drug-likeness (QED) is 0.688. The van der Waals surface area contributed by atoms with Gasteiger partial charge in [0.1, 0.15) is 5.15 Å². The van der Waals surface area contributed by atoms with Gasteiger partial charge in [-0.25, -0.2) is 13.6 Å². The average Bonchev–Trinajstić information content (AvgIpc) is 2.88. The zero-order valence-corrected chi connectivity index (χ0v) is 15.2. The molecule has 2 N–H and O–H groups in total. The molecule has 0 fully saturated rings. The van der Waals surface area contributed by atoms with Gasteiger partial charge in [-0.3, -0.25) is 4.57 Å². The lowest BCUT2D eigenvalue weighted by atomic mass is 10.1. The fourth-order valence-corrected chi connectivity index (χ4v) is 3.61. The maximum Gasteiger partial charge on any atom is 0.238 e. The second-order valence-corrected chi connectivity index (χ2v) is 7.83. The van der Waals surface area contributed by atoms with Crippen molar-refractivity contribution in [2.75, 3.05) is 0 Å². The standard InChI is InChI=1S/C16H11Cl3N2O2S/c17-11-3-6-15(13(18)9-11)21-14(7-8-16(21)19)10-1-4-12(5-2-10)24(20,22)23/h1-9H,(H2,20,22,23). The normalized spacial score (nSPS) is 11.7. The van der Waals surface area contributed by atoms with Gasteiger partial charge in [0, 0.05) is 5.02 Å². The van der Waals surface area contributed by atoms with Gasteiger partial charge in [-0.2, -0.15) is 0 Å². The molecule has 0 unspecified atom stereocenters. The van der Waals surface area contributed by atoms with Gasteiger partial charge >= 0.3 is 0 Å². The van der Waals surface area contributed by atoms with Crippen molar-refractivity contribution in [3.8, 4) is 16.9 Å². The van der Waals surface area contributed by atoms with Gasteiger partial charge in [0.25, 0.3) is 0 Å². The van der Waals surface area contributed by atoms with E-state index in [1.807, 2.05) is 6.07 Å². The third kappa shape index (κ3) is 3.31. The predicted octanol–water partition coefficient (Wildman–Crippen LogP) is 4.75. The topological polar surface area (TPSA) is 65.1 Å². The van der Waals surface area contributed by atoms with E-state index in [9.17, 15) is 8.42 Å². The van der Waals surface area contributed by atoms with E-state index >= 15 is 0 Å². The van der Waals surface area contributed by atoms with Crippen molar-refractivity contribution in [3.05, 3.63) is 69.8 Å². The number of sulfonamides is 1. The molecule has 24 heavy (non-hydrogen) atoms. The lowest BCUT2D eigenvalue weighted by Crippen LogP contribution is -2.11. The summed E-state index contributed by atoms with van der Waals surface area (Å²) in [7, 11) is -3.74. The first kappa shape index (κ1) is 17.3. The van der Waals surface area contributed by atoms with E-state index in [4.69, 9.17) is 39.9 Å². The van der Waals surface area contributed by atoms with E-state index in [0.717, 1.165) is 11.3 Å². The van der Waals surface area contributed by atoms with Gasteiger partial charge in [0.05, 0.1) is 21.3 Å². The van der Waals surface area contributed by atoms with E-state index in [-0.39, 0.29) is 4.90 Å². The number of nitrogens with two attached hydrogens (primary N) is 1. The van der Waals surface area contributed by atoms with Crippen LogP contribution >= 0.6 is 34.8 Å². The van der Waals surface area contributed by atoms with Crippen LogP contribution in [0.1, 0.15) is 0 Å². The summed E-state index contributed by atoms with van der Waals surface area (Å²) >= 11 is 18.5. The maximum absolute atomic E-state index is 11.4. The van der Waals surface area contributed by atoms with Crippen LogP contribution in [0.25, 0.3) is 16.9 Å². The highest BCUT2D eigenvalue weighted by molar-refractivity contribution is 7.89. The molecule has 8 heteroatoms. The first-order chi connectivity index (χ1) is 11.3. The zero-order valence-electron chi connectivity index (χ0n) is 12.1. The first-order valence-corrected chi connectivity index (χ1v) is 9.41. The summed E-state index contributed by atoms with van der Waals surface area (Å²) < 4.78 is 24.5. The van der Waals surface area contributed by atoms with Crippen LogP contribution in [-0.2, 0) is 10.0 Å². The molecule has 0 saturated heterocycles. The number of primary sulfonamides is 1. The molecule has 3 rings (SSSR count). The Morgan fingerprint density at radius 3 is 2.12 bits per heavy atom. The number of nitrogens with zero attached hydrogens (tertiary/aromatic N) is 1. The van der Waals surface area contributed by atoms with Crippen molar-refractivity contribution < 1.29 is 8.42 Å². The van der Waals surface area contributed by atoms with Crippen LogP contribution in [0.5, 0.6) is 0 Å². The van der Waals surface area contributed by atoms with E-state index in [1.165, 1.54) is 12.1 Å². The first-order valence-electron chi connectivity index (χ1n) is 6.73. The second-order valence-electron chi connectivity index (χ2n) is 5.04. The molecule has 0 aliphatic carbocycles. The van der Waals surface area contributed by atoms with Gasteiger partial charge < -0.3 is 0 Å². The van der Waals surface area contributed by atoms with Crippen molar-refractivity contribution in [1.82, 2.24) is 4.57 Å². The Bertz CT molecular complexity index is 1010. The number of hydrogen-bond acceptors (Lipinski definition) is 2. The third-order valence-electron chi connectivity index (χ3n) is 3.46. The fourth-order valence-electron chi connectivity index (χ4n) is 2.36. The number of hydrogen-bond donors (Lipinski definition) is 1. The van der Waals surface area contributed by atoms with Crippen molar-refractivity contribution >= 4 is 44.8 Å². The predicted molar refractivity (Wildman–Crippen MR) is 97.6 cm³/mol. The zero-order chi connectivity index (χ0) is 17.5. The molecular weight excluding hydrogens is 391 g/mol. The Morgan fingerprint density at radius 2 is 1.54 bits per heavy atom. The molecule has 0 saturated carbocycles. The Hall–Kier alpha value is -1.50. The molecule has 0 atom stereocenters. The summed E-state index contributed by atoms with van der Waals surface area (Å²) in [5.41, 5.74) is 2.19. The summed E-state index contributed by atoms with van der Waals surface area (Å²) in [5.74, 6) is 0. The Morgan fingerprint density at radius 1 is 0.875 bits per heavy atom.